The van der Waals surface area contributed by atoms with Gasteiger partial charge in [0, 0.05) is 25.7 Å². The second kappa shape index (κ2) is 6.17. The molecule has 1 fully saturated rings. The maximum Gasteiger partial charge on any atom is 0.408 e. The SMILES string of the molecule is CC(C)(C)OC(=O)NC1CN(c2ccncc2N)CCC1(F)F. The van der Waals surface area contributed by atoms with Crippen LogP contribution in [0.5, 0.6) is 0 Å². The maximum absolute atomic E-state index is 14.1. The molecule has 1 unspecified atom stereocenters. The van der Waals surface area contributed by atoms with Gasteiger partial charge in [0.05, 0.1) is 17.6 Å². The summed E-state index contributed by atoms with van der Waals surface area (Å²) >= 11 is 0. The monoisotopic (exact) mass is 328 g/mol. The molecule has 1 saturated heterocycles. The molecule has 1 aromatic rings. The molecule has 1 aliphatic rings. The van der Waals surface area contributed by atoms with Crippen molar-refractivity contribution in [1.29, 1.82) is 0 Å². The number of carbonyl (C=O) groups is 1. The lowest BCUT2D eigenvalue weighted by Gasteiger charge is -2.40. The van der Waals surface area contributed by atoms with Crippen molar-refractivity contribution < 1.29 is 18.3 Å². The quantitative estimate of drug-likeness (QED) is 0.871. The van der Waals surface area contributed by atoms with Gasteiger partial charge in [0.1, 0.15) is 11.6 Å². The topological polar surface area (TPSA) is 80.5 Å². The van der Waals surface area contributed by atoms with Crippen molar-refractivity contribution in [2.24, 2.45) is 0 Å². The number of alkyl carbamates (subject to hydrolysis) is 1. The third-order valence-corrected chi connectivity index (χ3v) is 3.49. The number of nitrogen functional groups attached to an aromatic ring is 1. The molecule has 2 rings (SSSR count). The van der Waals surface area contributed by atoms with Crippen molar-refractivity contribution in [3.05, 3.63) is 18.5 Å². The Balaban J connectivity index is 2.10. The molecule has 23 heavy (non-hydrogen) atoms. The Morgan fingerprint density at radius 3 is 2.83 bits per heavy atom. The van der Waals surface area contributed by atoms with Crippen LogP contribution in [-0.4, -0.2) is 41.7 Å². The number of ether oxygens (including phenoxy) is 1. The molecule has 3 N–H and O–H groups in total. The fourth-order valence-electron chi connectivity index (χ4n) is 2.41. The number of pyridine rings is 1. The first-order valence-electron chi connectivity index (χ1n) is 7.40. The number of anilines is 2. The third-order valence-electron chi connectivity index (χ3n) is 3.49. The lowest BCUT2D eigenvalue weighted by atomic mass is 10.0. The van der Waals surface area contributed by atoms with Gasteiger partial charge in [-0.25, -0.2) is 13.6 Å². The number of nitrogens with zero attached hydrogens (tertiary/aromatic N) is 2. The molecule has 0 radical (unpaired) electrons. The molecule has 1 aliphatic heterocycles. The van der Waals surface area contributed by atoms with Gasteiger partial charge in [0.15, 0.2) is 0 Å². The Morgan fingerprint density at radius 1 is 1.52 bits per heavy atom. The normalized spacial score (nSPS) is 20.9. The van der Waals surface area contributed by atoms with E-state index in [-0.39, 0.29) is 19.5 Å². The first-order valence-corrected chi connectivity index (χ1v) is 7.40. The highest BCUT2D eigenvalue weighted by Gasteiger charge is 2.45. The highest BCUT2D eigenvalue weighted by molar-refractivity contribution is 5.69. The zero-order chi connectivity index (χ0) is 17.3. The van der Waals surface area contributed by atoms with Crippen LogP contribution in [0, 0.1) is 0 Å². The second-order valence-corrected chi connectivity index (χ2v) is 6.59. The summed E-state index contributed by atoms with van der Waals surface area (Å²) < 4.78 is 33.3. The van der Waals surface area contributed by atoms with E-state index in [0.29, 0.717) is 11.4 Å². The minimum absolute atomic E-state index is 0.0551. The van der Waals surface area contributed by atoms with E-state index in [4.69, 9.17) is 10.5 Å². The van der Waals surface area contributed by atoms with Crippen molar-refractivity contribution in [3.8, 4) is 0 Å². The zero-order valence-corrected chi connectivity index (χ0v) is 13.5. The summed E-state index contributed by atoms with van der Waals surface area (Å²) in [5.74, 6) is -3.00. The van der Waals surface area contributed by atoms with Crippen molar-refractivity contribution >= 4 is 17.5 Å². The van der Waals surface area contributed by atoms with E-state index in [1.807, 2.05) is 0 Å². The molecular formula is C15H22F2N4O2. The van der Waals surface area contributed by atoms with Crippen LogP contribution in [0.4, 0.5) is 25.0 Å². The van der Waals surface area contributed by atoms with Crippen LogP contribution in [-0.2, 0) is 4.74 Å². The number of carbonyl (C=O) groups excluding carboxylic acids is 1. The molecule has 0 spiro atoms. The lowest BCUT2D eigenvalue weighted by Crippen LogP contribution is -2.59. The molecule has 0 aromatic carbocycles. The number of nitrogens with one attached hydrogen (secondary N) is 1. The van der Waals surface area contributed by atoms with Crippen LogP contribution in [0.25, 0.3) is 0 Å². The fraction of sp³-hybridized carbons (Fsp3) is 0.600. The van der Waals surface area contributed by atoms with E-state index in [9.17, 15) is 13.6 Å². The summed E-state index contributed by atoms with van der Waals surface area (Å²) in [6.07, 6.45) is 1.79. The second-order valence-electron chi connectivity index (χ2n) is 6.59. The summed E-state index contributed by atoms with van der Waals surface area (Å²) in [6, 6.07) is 0.322. The highest BCUT2D eigenvalue weighted by Crippen LogP contribution is 2.33. The van der Waals surface area contributed by atoms with E-state index in [1.54, 1.807) is 37.9 Å². The lowest BCUT2D eigenvalue weighted by molar-refractivity contribution is -0.0535. The van der Waals surface area contributed by atoms with Crippen LogP contribution >= 0.6 is 0 Å². The Morgan fingerprint density at radius 2 is 2.22 bits per heavy atom. The molecule has 0 saturated carbocycles. The predicted molar refractivity (Wildman–Crippen MR) is 83.6 cm³/mol. The van der Waals surface area contributed by atoms with Gasteiger partial charge in [0.2, 0.25) is 0 Å². The first-order chi connectivity index (χ1) is 10.6. The molecule has 6 nitrogen and oxygen atoms in total. The molecule has 1 aromatic heterocycles. The van der Waals surface area contributed by atoms with Gasteiger partial charge in [-0.2, -0.15) is 0 Å². The van der Waals surface area contributed by atoms with Gasteiger partial charge in [-0.05, 0) is 26.8 Å². The van der Waals surface area contributed by atoms with E-state index in [1.165, 1.54) is 6.20 Å². The highest BCUT2D eigenvalue weighted by atomic mass is 19.3. The Bertz CT molecular complexity index is 575. The van der Waals surface area contributed by atoms with Crippen LogP contribution in [0.15, 0.2) is 18.5 Å². The Labute approximate surface area is 134 Å². The van der Waals surface area contributed by atoms with Crippen molar-refractivity contribution in [3.63, 3.8) is 0 Å². The Kier molecular flexibility index (Phi) is 4.63. The van der Waals surface area contributed by atoms with Gasteiger partial charge in [0.25, 0.3) is 5.92 Å². The fourth-order valence-corrected chi connectivity index (χ4v) is 2.41. The van der Waals surface area contributed by atoms with Crippen LogP contribution in [0.3, 0.4) is 0 Å². The molecule has 2 heterocycles. The smallest absolute Gasteiger partial charge is 0.408 e. The first kappa shape index (κ1) is 17.2. The third kappa shape index (κ3) is 4.43. The molecule has 0 bridgehead atoms. The average Bonchev–Trinajstić information content (AvgIpc) is 2.40. The van der Waals surface area contributed by atoms with Gasteiger partial charge in [-0.3, -0.25) is 4.98 Å². The molecule has 128 valence electrons. The molecular weight excluding hydrogens is 306 g/mol. The van der Waals surface area contributed by atoms with Crippen molar-refractivity contribution in [2.75, 3.05) is 23.7 Å². The summed E-state index contributed by atoms with van der Waals surface area (Å²) in [5, 5.41) is 2.28. The van der Waals surface area contributed by atoms with Gasteiger partial charge < -0.3 is 20.7 Å². The van der Waals surface area contributed by atoms with E-state index >= 15 is 0 Å². The van der Waals surface area contributed by atoms with Crippen LogP contribution in [0.2, 0.25) is 0 Å². The van der Waals surface area contributed by atoms with E-state index in [2.05, 4.69) is 10.3 Å². The summed E-state index contributed by atoms with van der Waals surface area (Å²) in [5.41, 5.74) is 6.14. The minimum Gasteiger partial charge on any atom is -0.444 e. The summed E-state index contributed by atoms with van der Waals surface area (Å²) in [4.78, 5) is 17.4. The number of amides is 1. The summed E-state index contributed by atoms with van der Waals surface area (Å²) in [7, 11) is 0. The standard InChI is InChI=1S/C15H22F2N4O2/c1-14(2,3)23-13(22)20-12-9-21(7-5-15(12,16)17)11-4-6-19-8-10(11)18/h4,6,8,12H,5,7,9,18H2,1-3H3,(H,20,22). The predicted octanol–water partition coefficient (Wildman–Crippen LogP) is 2.40. The van der Waals surface area contributed by atoms with Gasteiger partial charge in [-0.1, -0.05) is 0 Å². The van der Waals surface area contributed by atoms with E-state index < -0.39 is 23.7 Å². The summed E-state index contributed by atoms with van der Waals surface area (Å²) in [6.45, 7) is 5.12. The number of nitrogens with two attached hydrogens (primary N) is 1. The van der Waals surface area contributed by atoms with Crippen molar-refractivity contribution in [1.82, 2.24) is 10.3 Å². The minimum atomic E-state index is -3.00. The van der Waals surface area contributed by atoms with Crippen LogP contribution < -0.4 is 16.0 Å². The number of hydrogen-bond donors (Lipinski definition) is 2. The molecule has 1 atom stereocenters. The molecule has 1 amide bonds. The molecule has 8 heteroatoms. The van der Waals surface area contributed by atoms with Gasteiger partial charge in [-0.15, -0.1) is 0 Å². The van der Waals surface area contributed by atoms with Gasteiger partial charge >= 0.3 is 6.09 Å². The number of piperidine rings is 1. The molecule has 0 aliphatic carbocycles. The zero-order valence-electron chi connectivity index (χ0n) is 13.5. The number of halogens is 2. The van der Waals surface area contributed by atoms with Crippen molar-refractivity contribution in [2.45, 2.75) is 44.8 Å². The van der Waals surface area contributed by atoms with Crippen LogP contribution in [0.1, 0.15) is 27.2 Å². The maximum atomic E-state index is 14.1. The van der Waals surface area contributed by atoms with E-state index in [0.717, 1.165) is 0 Å². The number of alkyl halides is 2. The number of hydrogen-bond acceptors (Lipinski definition) is 5. The number of aromatic nitrogens is 1. The number of rotatable bonds is 2. The Hall–Kier alpha value is -2.12. The largest absolute Gasteiger partial charge is 0.444 e. The average molecular weight is 328 g/mol.